The number of nitrogens with one attached hydrogen (secondary N) is 1. The summed E-state index contributed by atoms with van der Waals surface area (Å²) in [6, 6.07) is 7.51. The van der Waals surface area contributed by atoms with Gasteiger partial charge in [-0.05, 0) is 18.6 Å². The highest BCUT2D eigenvalue weighted by Crippen LogP contribution is 2.15. The van der Waals surface area contributed by atoms with Crippen LogP contribution < -0.4 is 5.32 Å². The van der Waals surface area contributed by atoms with Crippen LogP contribution in [0.25, 0.3) is 0 Å². The highest BCUT2D eigenvalue weighted by atomic mass is 16.4. The van der Waals surface area contributed by atoms with Crippen LogP contribution in [0.4, 0.5) is 0 Å². The molecule has 11 nitrogen and oxygen atoms in total. The fourth-order valence-electron chi connectivity index (χ4n) is 1.68. The van der Waals surface area contributed by atoms with Gasteiger partial charge in [-0.25, -0.2) is 4.79 Å². The van der Waals surface area contributed by atoms with Gasteiger partial charge in [-0.2, -0.15) is 0 Å². The van der Waals surface area contributed by atoms with Crippen molar-refractivity contribution in [1.29, 1.82) is 0 Å². The topological polar surface area (TPSA) is 224 Å². The van der Waals surface area contributed by atoms with Crippen LogP contribution >= 0.6 is 0 Å². The standard InChI is InChI=1S/C9H11NO.C6H8O7.2H2O/c1-7-5-3-4-6-8(7)9(11)10-2;7-3(8)1-6(13,5(11)12)2-4(9)10;;/h3-6H,1-2H3,(H,10,11);13H,1-2H2,(H,7,8)(H,9,10)(H,11,12);2*1H2. The molecule has 1 rings (SSSR count). The predicted molar refractivity (Wildman–Crippen MR) is 88.9 cm³/mol. The Bertz CT molecular complexity index is 613. The van der Waals surface area contributed by atoms with Gasteiger partial charge in [0, 0.05) is 12.6 Å². The lowest BCUT2D eigenvalue weighted by molar-refractivity contribution is -0.170. The first kappa shape index (κ1) is 27.8. The number of carbonyl (C=O) groups excluding carboxylic acids is 1. The average molecular weight is 377 g/mol. The summed E-state index contributed by atoms with van der Waals surface area (Å²) < 4.78 is 0. The van der Waals surface area contributed by atoms with Crippen LogP contribution in [0, 0.1) is 6.92 Å². The van der Waals surface area contributed by atoms with Gasteiger partial charge in [-0.15, -0.1) is 0 Å². The zero-order valence-corrected chi connectivity index (χ0v) is 14.1. The van der Waals surface area contributed by atoms with E-state index < -0.39 is 36.4 Å². The Morgan fingerprint density at radius 3 is 1.69 bits per heavy atom. The minimum absolute atomic E-state index is 0. The summed E-state index contributed by atoms with van der Waals surface area (Å²) in [7, 11) is 1.63. The van der Waals surface area contributed by atoms with Crippen LogP contribution in [0.15, 0.2) is 24.3 Å². The Labute approximate surface area is 148 Å². The van der Waals surface area contributed by atoms with Gasteiger partial charge in [0.15, 0.2) is 5.60 Å². The number of aryl methyl sites for hydroxylation is 1. The first-order chi connectivity index (χ1) is 11.0. The number of aliphatic carboxylic acids is 3. The third-order valence-corrected chi connectivity index (χ3v) is 2.90. The van der Waals surface area contributed by atoms with Gasteiger partial charge in [0.1, 0.15) is 0 Å². The summed E-state index contributed by atoms with van der Waals surface area (Å²) in [5.74, 6) is -5.04. The van der Waals surface area contributed by atoms with Crippen molar-refractivity contribution in [3.05, 3.63) is 35.4 Å². The maximum atomic E-state index is 11.1. The zero-order valence-electron chi connectivity index (χ0n) is 14.1. The summed E-state index contributed by atoms with van der Waals surface area (Å²) in [5.41, 5.74) is -0.987. The molecule has 0 radical (unpaired) electrons. The predicted octanol–water partition coefficient (Wildman–Crippen LogP) is -1.54. The molecule has 148 valence electrons. The van der Waals surface area contributed by atoms with E-state index in [1.165, 1.54) is 0 Å². The van der Waals surface area contributed by atoms with Crippen LogP contribution in [0.1, 0.15) is 28.8 Å². The lowest BCUT2D eigenvalue weighted by Gasteiger charge is -2.18. The van der Waals surface area contributed by atoms with E-state index >= 15 is 0 Å². The molecule has 0 heterocycles. The van der Waals surface area contributed by atoms with Crippen molar-refractivity contribution in [3.8, 4) is 0 Å². The number of rotatable bonds is 6. The molecular weight excluding hydrogens is 354 g/mol. The van der Waals surface area contributed by atoms with E-state index in [1.807, 2.05) is 31.2 Å². The molecule has 0 saturated carbocycles. The van der Waals surface area contributed by atoms with Gasteiger partial charge in [-0.1, -0.05) is 18.2 Å². The summed E-state index contributed by atoms with van der Waals surface area (Å²) in [6.07, 6.45) is -2.29. The van der Waals surface area contributed by atoms with Gasteiger partial charge in [-0.3, -0.25) is 14.4 Å². The molecule has 0 saturated heterocycles. The Kier molecular flexibility index (Phi) is 13.2. The Morgan fingerprint density at radius 1 is 0.962 bits per heavy atom. The molecule has 0 atom stereocenters. The lowest BCUT2D eigenvalue weighted by Crippen LogP contribution is -2.42. The number of amides is 1. The second kappa shape index (κ2) is 12.4. The maximum absolute atomic E-state index is 11.1. The molecule has 0 spiro atoms. The third kappa shape index (κ3) is 9.32. The molecule has 0 bridgehead atoms. The first-order valence-corrected chi connectivity index (χ1v) is 6.70. The highest BCUT2D eigenvalue weighted by Gasteiger charge is 2.40. The zero-order chi connectivity index (χ0) is 18.9. The maximum Gasteiger partial charge on any atom is 0.336 e. The van der Waals surface area contributed by atoms with E-state index in [1.54, 1.807) is 7.05 Å². The van der Waals surface area contributed by atoms with Crippen molar-refractivity contribution < 1.29 is 50.6 Å². The molecule has 9 N–H and O–H groups in total. The van der Waals surface area contributed by atoms with Crippen molar-refractivity contribution in [3.63, 3.8) is 0 Å². The van der Waals surface area contributed by atoms with Crippen molar-refractivity contribution in [2.24, 2.45) is 0 Å². The number of hydrogen-bond acceptors (Lipinski definition) is 5. The first-order valence-electron chi connectivity index (χ1n) is 6.70. The van der Waals surface area contributed by atoms with E-state index in [4.69, 9.17) is 20.4 Å². The number of aliphatic hydroxyl groups is 1. The van der Waals surface area contributed by atoms with E-state index in [2.05, 4.69) is 5.32 Å². The number of benzene rings is 1. The normalized spacial score (nSPS) is 9.35. The molecular formula is C15H23NO10. The van der Waals surface area contributed by atoms with Gasteiger partial charge in [0.25, 0.3) is 5.91 Å². The number of carboxylic acids is 3. The second-order valence-electron chi connectivity index (χ2n) is 4.87. The molecule has 0 aliphatic rings. The molecule has 11 heteroatoms. The van der Waals surface area contributed by atoms with Gasteiger partial charge in [0.05, 0.1) is 12.8 Å². The number of carbonyl (C=O) groups is 4. The molecule has 0 unspecified atom stereocenters. The number of carboxylic acid groups (broad SMARTS) is 3. The Morgan fingerprint density at radius 2 is 1.38 bits per heavy atom. The monoisotopic (exact) mass is 377 g/mol. The van der Waals surface area contributed by atoms with E-state index in [9.17, 15) is 19.2 Å². The van der Waals surface area contributed by atoms with Crippen LogP contribution in [0.2, 0.25) is 0 Å². The summed E-state index contributed by atoms with van der Waals surface area (Å²) in [5, 5.41) is 36.4. The van der Waals surface area contributed by atoms with E-state index in [-0.39, 0.29) is 16.9 Å². The third-order valence-electron chi connectivity index (χ3n) is 2.90. The average Bonchev–Trinajstić information content (AvgIpc) is 2.45. The van der Waals surface area contributed by atoms with Crippen LogP contribution in [0.3, 0.4) is 0 Å². The lowest BCUT2D eigenvalue weighted by atomic mass is 9.96. The quantitative estimate of drug-likeness (QED) is 0.389. The van der Waals surface area contributed by atoms with Crippen LogP contribution in [-0.2, 0) is 14.4 Å². The fourth-order valence-corrected chi connectivity index (χ4v) is 1.68. The SMILES string of the molecule is CNC(=O)c1ccccc1C.O.O.O=C(O)CC(O)(CC(=O)O)C(=O)O. The van der Waals surface area contributed by atoms with Gasteiger partial charge < -0.3 is 36.7 Å². The second-order valence-corrected chi connectivity index (χ2v) is 4.87. The van der Waals surface area contributed by atoms with Crippen LogP contribution in [0.5, 0.6) is 0 Å². The minimum atomic E-state index is -2.74. The van der Waals surface area contributed by atoms with Gasteiger partial charge >= 0.3 is 17.9 Å². The van der Waals surface area contributed by atoms with E-state index in [0.717, 1.165) is 11.1 Å². The van der Waals surface area contributed by atoms with E-state index in [0.29, 0.717) is 0 Å². The fraction of sp³-hybridized carbons (Fsp3) is 0.333. The van der Waals surface area contributed by atoms with Crippen molar-refractivity contribution in [2.45, 2.75) is 25.4 Å². The Balaban J connectivity index is -0.000000381. The largest absolute Gasteiger partial charge is 0.481 e. The van der Waals surface area contributed by atoms with Crippen molar-refractivity contribution >= 4 is 23.8 Å². The molecule has 0 aliphatic heterocycles. The highest BCUT2D eigenvalue weighted by molar-refractivity contribution is 5.95. The molecule has 1 amide bonds. The summed E-state index contributed by atoms with van der Waals surface area (Å²) in [6.45, 7) is 1.92. The van der Waals surface area contributed by atoms with Crippen LogP contribution in [-0.4, -0.2) is 67.8 Å². The number of hydrogen-bond donors (Lipinski definition) is 5. The van der Waals surface area contributed by atoms with Crippen molar-refractivity contribution in [2.75, 3.05) is 7.05 Å². The molecule has 26 heavy (non-hydrogen) atoms. The summed E-state index contributed by atoms with van der Waals surface area (Å²) in [4.78, 5) is 41.6. The molecule has 1 aromatic rings. The molecule has 0 fully saturated rings. The Hall–Kier alpha value is -3.02. The summed E-state index contributed by atoms with van der Waals surface area (Å²) >= 11 is 0. The molecule has 0 aromatic heterocycles. The van der Waals surface area contributed by atoms with Gasteiger partial charge in [0.2, 0.25) is 0 Å². The van der Waals surface area contributed by atoms with Crippen molar-refractivity contribution in [1.82, 2.24) is 5.32 Å². The smallest absolute Gasteiger partial charge is 0.336 e. The molecule has 1 aromatic carbocycles. The minimum Gasteiger partial charge on any atom is -0.481 e. The molecule has 0 aliphatic carbocycles.